The van der Waals surface area contributed by atoms with E-state index in [2.05, 4.69) is 33.7 Å². The number of aromatic nitrogens is 2. The third-order valence-electron chi connectivity index (χ3n) is 5.16. The van der Waals surface area contributed by atoms with Gasteiger partial charge in [-0.25, -0.2) is 9.37 Å². The van der Waals surface area contributed by atoms with Crippen LogP contribution in [0, 0.1) is 18.7 Å². The van der Waals surface area contributed by atoms with Crippen molar-refractivity contribution in [2.24, 2.45) is 5.92 Å². The maximum absolute atomic E-state index is 13.0. The molecule has 3 rings (SSSR count). The van der Waals surface area contributed by atoms with Gasteiger partial charge in [-0.1, -0.05) is 12.1 Å². The summed E-state index contributed by atoms with van der Waals surface area (Å²) in [5.41, 5.74) is 3.53. The molecule has 1 saturated heterocycles. The predicted molar refractivity (Wildman–Crippen MR) is 98.9 cm³/mol. The van der Waals surface area contributed by atoms with Crippen LogP contribution in [0.3, 0.4) is 0 Å². The van der Waals surface area contributed by atoms with E-state index in [0.29, 0.717) is 5.92 Å². The van der Waals surface area contributed by atoms with Gasteiger partial charge in [0.05, 0.1) is 12.0 Å². The molecule has 0 aliphatic carbocycles. The molecule has 1 aromatic carbocycles. The van der Waals surface area contributed by atoms with Crippen molar-refractivity contribution >= 4 is 0 Å². The summed E-state index contributed by atoms with van der Waals surface area (Å²) >= 11 is 0. The summed E-state index contributed by atoms with van der Waals surface area (Å²) in [4.78, 5) is 12.5. The molecule has 2 heterocycles. The van der Waals surface area contributed by atoms with Gasteiger partial charge in [-0.3, -0.25) is 0 Å². The molecule has 25 heavy (non-hydrogen) atoms. The lowest BCUT2D eigenvalue weighted by molar-refractivity contribution is 0.142. The Morgan fingerprint density at radius 1 is 1.32 bits per heavy atom. The molecule has 1 N–H and O–H groups in total. The zero-order valence-electron chi connectivity index (χ0n) is 15.3. The number of nitrogens with one attached hydrogen (secondary N) is 1. The first-order chi connectivity index (χ1) is 12.1. The number of imidazole rings is 1. The fourth-order valence-corrected chi connectivity index (χ4v) is 3.75. The van der Waals surface area contributed by atoms with Crippen molar-refractivity contribution < 1.29 is 4.39 Å². The number of hydrogen-bond acceptors (Lipinski definition) is 3. The van der Waals surface area contributed by atoms with Crippen LogP contribution in [0.5, 0.6) is 0 Å². The fraction of sp³-hybridized carbons (Fsp3) is 0.550. The van der Waals surface area contributed by atoms with Crippen LogP contribution in [-0.4, -0.2) is 53.0 Å². The molecular formula is C20H29FN4. The van der Waals surface area contributed by atoms with Gasteiger partial charge < -0.3 is 14.8 Å². The van der Waals surface area contributed by atoms with E-state index in [1.807, 2.05) is 12.1 Å². The monoisotopic (exact) mass is 344 g/mol. The van der Waals surface area contributed by atoms with Crippen LogP contribution in [0.2, 0.25) is 0 Å². The molecule has 0 amide bonds. The van der Waals surface area contributed by atoms with E-state index in [9.17, 15) is 4.39 Å². The van der Waals surface area contributed by atoms with Gasteiger partial charge in [0.2, 0.25) is 0 Å². The lowest BCUT2D eigenvalue weighted by atomic mass is 9.97. The van der Waals surface area contributed by atoms with Crippen LogP contribution < -0.4 is 0 Å². The van der Waals surface area contributed by atoms with Crippen LogP contribution in [0.15, 0.2) is 30.6 Å². The van der Waals surface area contributed by atoms with Gasteiger partial charge in [-0.05, 0) is 63.4 Å². The van der Waals surface area contributed by atoms with Gasteiger partial charge in [0.15, 0.2) is 0 Å². The Hall–Kier alpha value is -1.72. The minimum absolute atomic E-state index is 0.156. The Morgan fingerprint density at radius 3 is 2.84 bits per heavy atom. The SMILES string of the molecule is Cc1[nH]cnc1CN(C)C[C@@H]1CCCN(CCc2ccc(F)cc2)C1. The van der Waals surface area contributed by atoms with Crippen LogP contribution >= 0.6 is 0 Å². The van der Waals surface area contributed by atoms with Gasteiger partial charge in [-0.15, -0.1) is 0 Å². The van der Waals surface area contributed by atoms with Gasteiger partial charge >= 0.3 is 0 Å². The zero-order valence-corrected chi connectivity index (χ0v) is 15.3. The summed E-state index contributed by atoms with van der Waals surface area (Å²) in [6.07, 6.45) is 5.34. The summed E-state index contributed by atoms with van der Waals surface area (Å²) in [5.74, 6) is 0.559. The third kappa shape index (κ3) is 5.38. The number of aromatic amines is 1. The van der Waals surface area contributed by atoms with Crippen molar-refractivity contribution in [2.75, 3.05) is 33.2 Å². The molecule has 0 spiro atoms. The number of H-pyrrole nitrogens is 1. The summed E-state index contributed by atoms with van der Waals surface area (Å²) < 4.78 is 13.0. The Morgan fingerprint density at radius 2 is 2.12 bits per heavy atom. The lowest BCUT2D eigenvalue weighted by Crippen LogP contribution is -2.40. The van der Waals surface area contributed by atoms with Gasteiger partial charge in [0.25, 0.3) is 0 Å². The first-order valence-electron chi connectivity index (χ1n) is 9.24. The van der Waals surface area contributed by atoms with Crippen LogP contribution in [-0.2, 0) is 13.0 Å². The van der Waals surface area contributed by atoms with Crippen molar-refractivity contribution in [2.45, 2.75) is 32.7 Å². The fourth-order valence-electron chi connectivity index (χ4n) is 3.75. The van der Waals surface area contributed by atoms with E-state index < -0.39 is 0 Å². The van der Waals surface area contributed by atoms with E-state index in [1.54, 1.807) is 18.5 Å². The maximum Gasteiger partial charge on any atom is 0.123 e. The van der Waals surface area contributed by atoms with Crippen LogP contribution in [0.1, 0.15) is 29.8 Å². The second kappa shape index (κ2) is 8.59. The first kappa shape index (κ1) is 18.1. The molecular weight excluding hydrogens is 315 g/mol. The molecule has 4 nitrogen and oxygen atoms in total. The normalized spacial score (nSPS) is 18.8. The van der Waals surface area contributed by atoms with E-state index in [-0.39, 0.29) is 5.82 Å². The van der Waals surface area contributed by atoms with Gasteiger partial charge in [0, 0.05) is 31.9 Å². The molecule has 0 saturated carbocycles. The minimum atomic E-state index is -0.156. The summed E-state index contributed by atoms with van der Waals surface area (Å²) in [5, 5.41) is 0. The van der Waals surface area contributed by atoms with E-state index in [4.69, 9.17) is 0 Å². The number of rotatable bonds is 7. The van der Waals surface area contributed by atoms with Crippen LogP contribution in [0.25, 0.3) is 0 Å². The van der Waals surface area contributed by atoms with Gasteiger partial charge in [-0.2, -0.15) is 0 Å². The Balaban J connectivity index is 1.44. The molecule has 0 bridgehead atoms. The quantitative estimate of drug-likeness (QED) is 0.837. The first-order valence-corrected chi connectivity index (χ1v) is 9.24. The van der Waals surface area contributed by atoms with Crippen molar-refractivity contribution in [3.05, 3.63) is 53.4 Å². The minimum Gasteiger partial charge on any atom is -0.348 e. The van der Waals surface area contributed by atoms with Crippen molar-refractivity contribution in [3.8, 4) is 0 Å². The molecule has 2 aromatic rings. The molecule has 5 heteroatoms. The average molecular weight is 344 g/mol. The second-order valence-electron chi connectivity index (χ2n) is 7.36. The standard InChI is InChI=1S/C20H29FN4/c1-16-20(23-15-22-16)14-24(2)12-18-4-3-10-25(13-18)11-9-17-5-7-19(21)8-6-17/h5-8,15,18H,3-4,9-14H2,1-2H3,(H,22,23)/t18-/m0/s1. The highest BCUT2D eigenvalue weighted by molar-refractivity contribution is 5.16. The average Bonchev–Trinajstić information content (AvgIpc) is 2.99. The van der Waals surface area contributed by atoms with E-state index in [0.717, 1.165) is 44.0 Å². The van der Waals surface area contributed by atoms with Crippen molar-refractivity contribution in [1.82, 2.24) is 19.8 Å². The van der Waals surface area contributed by atoms with Gasteiger partial charge in [0.1, 0.15) is 5.82 Å². The topological polar surface area (TPSA) is 35.2 Å². The number of halogens is 1. The molecule has 1 aromatic heterocycles. The van der Waals surface area contributed by atoms with Crippen LogP contribution in [0.4, 0.5) is 4.39 Å². The number of likely N-dealkylation sites (tertiary alicyclic amines) is 1. The molecule has 1 aliphatic heterocycles. The number of piperidine rings is 1. The predicted octanol–water partition coefficient (Wildman–Crippen LogP) is 3.24. The Kier molecular flexibility index (Phi) is 6.21. The molecule has 0 radical (unpaired) electrons. The molecule has 136 valence electrons. The number of aryl methyl sites for hydroxylation is 1. The smallest absolute Gasteiger partial charge is 0.123 e. The third-order valence-corrected chi connectivity index (χ3v) is 5.16. The lowest BCUT2D eigenvalue weighted by Gasteiger charge is -2.34. The summed E-state index contributed by atoms with van der Waals surface area (Å²) in [7, 11) is 2.19. The van der Waals surface area contributed by atoms with Crippen molar-refractivity contribution in [3.63, 3.8) is 0 Å². The van der Waals surface area contributed by atoms with E-state index >= 15 is 0 Å². The number of hydrogen-bond donors (Lipinski definition) is 1. The van der Waals surface area contributed by atoms with E-state index in [1.165, 1.54) is 24.9 Å². The highest BCUT2D eigenvalue weighted by Gasteiger charge is 2.21. The maximum atomic E-state index is 13.0. The van der Waals surface area contributed by atoms with Crippen molar-refractivity contribution in [1.29, 1.82) is 0 Å². The Labute approximate surface area is 150 Å². The molecule has 1 aliphatic rings. The highest BCUT2D eigenvalue weighted by Crippen LogP contribution is 2.19. The molecule has 1 fully saturated rings. The Bertz CT molecular complexity index is 652. The highest BCUT2D eigenvalue weighted by atomic mass is 19.1. The second-order valence-corrected chi connectivity index (χ2v) is 7.36. The molecule has 1 atom stereocenters. The zero-order chi connectivity index (χ0) is 17.6. The summed E-state index contributed by atoms with van der Waals surface area (Å²) in [6.45, 7) is 7.49. The molecule has 0 unspecified atom stereocenters. The number of benzene rings is 1. The number of nitrogens with zero attached hydrogens (tertiary/aromatic N) is 3. The largest absolute Gasteiger partial charge is 0.348 e. The summed E-state index contributed by atoms with van der Waals surface area (Å²) in [6, 6.07) is 6.91.